The molecule has 134 valence electrons. The van der Waals surface area contributed by atoms with Crippen LogP contribution in [0.4, 0.5) is 11.4 Å². The molecule has 0 unspecified atom stereocenters. The number of rotatable bonds is 4. The van der Waals surface area contributed by atoms with Crippen molar-refractivity contribution in [2.75, 3.05) is 31.1 Å². The normalized spacial score (nSPS) is 15.4. The van der Waals surface area contributed by atoms with Crippen molar-refractivity contribution in [3.63, 3.8) is 0 Å². The molecule has 0 saturated carbocycles. The number of anilines is 1. The van der Waals surface area contributed by atoms with E-state index < -0.39 is 14.9 Å². The minimum absolute atomic E-state index is 0.0941. The molecule has 0 bridgehead atoms. The molecule has 1 aliphatic heterocycles. The summed E-state index contributed by atoms with van der Waals surface area (Å²) < 4.78 is 26.7. The van der Waals surface area contributed by atoms with Gasteiger partial charge in [-0.25, -0.2) is 8.42 Å². The molecule has 1 heterocycles. The number of benzene rings is 2. The Labute approximate surface area is 151 Å². The van der Waals surface area contributed by atoms with E-state index in [4.69, 9.17) is 5.26 Å². The van der Waals surface area contributed by atoms with Crippen LogP contribution in [0.25, 0.3) is 0 Å². The van der Waals surface area contributed by atoms with Gasteiger partial charge in [0, 0.05) is 32.2 Å². The predicted molar refractivity (Wildman–Crippen MR) is 95.2 cm³/mol. The van der Waals surface area contributed by atoms with E-state index in [-0.39, 0.29) is 23.7 Å². The number of nitro groups is 1. The Morgan fingerprint density at radius 3 is 2.27 bits per heavy atom. The van der Waals surface area contributed by atoms with Crippen LogP contribution in [0.1, 0.15) is 5.56 Å². The molecule has 1 saturated heterocycles. The minimum atomic E-state index is -3.59. The summed E-state index contributed by atoms with van der Waals surface area (Å²) in [5.74, 6) is 0. The van der Waals surface area contributed by atoms with E-state index in [9.17, 15) is 18.5 Å². The summed E-state index contributed by atoms with van der Waals surface area (Å²) in [6.45, 7) is 1.04. The summed E-state index contributed by atoms with van der Waals surface area (Å²) in [7, 11) is -3.59. The second-order valence-corrected chi connectivity index (χ2v) is 7.71. The van der Waals surface area contributed by atoms with Gasteiger partial charge in [-0.1, -0.05) is 18.2 Å². The van der Waals surface area contributed by atoms with Gasteiger partial charge in [0.25, 0.3) is 5.69 Å². The van der Waals surface area contributed by atoms with E-state index in [1.54, 1.807) is 35.2 Å². The third kappa shape index (κ3) is 3.37. The van der Waals surface area contributed by atoms with Crippen molar-refractivity contribution in [2.45, 2.75) is 4.90 Å². The number of piperazine rings is 1. The molecule has 0 aliphatic carbocycles. The van der Waals surface area contributed by atoms with Crippen molar-refractivity contribution in [2.24, 2.45) is 0 Å². The van der Waals surface area contributed by atoms with E-state index >= 15 is 0 Å². The van der Waals surface area contributed by atoms with Gasteiger partial charge >= 0.3 is 0 Å². The van der Waals surface area contributed by atoms with Crippen LogP contribution in [0.15, 0.2) is 53.4 Å². The number of nitro benzene ring substituents is 1. The Kier molecular flexibility index (Phi) is 4.88. The van der Waals surface area contributed by atoms with Crippen LogP contribution >= 0.6 is 0 Å². The molecule has 0 atom stereocenters. The molecule has 26 heavy (non-hydrogen) atoms. The molecule has 0 spiro atoms. The largest absolute Gasteiger partial charge is 0.363 e. The van der Waals surface area contributed by atoms with Gasteiger partial charge < -0.3 is 4.90 Å². The monoisotopic (exact) mass is 372 g/mol. The second kappa shape index (κ2) is 7.11. The Morgan fingerprint density at radius 2 is 1.69 bits per heavy atom. The van der Waals surface area contributed by atoms with E-state index in [2.05, 4.69) is 0 Å². The molecule has 0 amide bonds. The van der Waals surface area contributed by atoms with Crippen LogP contribution in [-0.4, -0.2) is 43.8 Å². The maximum absolute atomic E-state index is 12.7. The van der Waals surface area contributed by atoms with Gasteiger partial charge in [-0.15, -0.1) is 0 Å². The maximum atomic E-state index is 12.7. The molecular formula is C17H16N4O4S. The number of hydrogen-bond acceptors (Lipinski definition) is 6. The summed E-state index contributed by atoms with van der Waals surface area (Å²) in [6, 6.07) is 14.3. The van der Waals surface area contributed by atoms with Crippen molar-refractivity contribution < 1.29 is 13.3 Å². The molecule has 1 aliphatic rings. The lowest BCUT2D eigenvalue weighted by atomic mass is 10.1. The molecule has 0 aromatic heterocycles. The summed E-state index contributed by atoms with van der Waals surface area (Å²) in [5, 5.41) is 20.3. The lowest BCUT2D eigenvalue weighted by molar-refractivity contribution is -0.384. The zero-order valence-electron chi connectivity index (χ0n) is 13.8. The third-order valence-electron chi connectivity index (χ3n) is 4.26. The number of sulfonamides is 1. The first-order chi connectivity index (χ1) is 12.4. The SMILES string of the molecule is N#Cc1ccc([N+](=O)[O-])c(N2CCN(S(=O)(=O)c3ccccc3)CC2)c1. The fraction of sp³-hybridized carbons (Fsp3) is 0.235. The van der Waals surface area contributed by atoms with Crippen LogP contribution in [0.2, 0.25) is 0 Å². The molecule has 1 fully saturated rings. The van der Waals surface area contributed by atoms with Crippen molar-refractivity contribution in [3.8, 4) is 6.07 Å². The van der Waals surface area contributed by atoms with Crippen LogP contribution in [-0.2, 0) is 10.0 Å². The zero-order valence-corrected chi connectivity index (χ0v) is 14.6. The highest BCUT2D eigenvalue weighted by molar-refractivity contribution is 7.89. The first kappa shape index (κ1) is 17.8. The van der Waals surface area contributed by atoms with Gasteiger partial charge in [0.05, 0.1) is 21.5 Å². The summed E-state index contributed by atoms with van der Waals surface area (Å²) in [4.78, 5) is 12.7. The molecule has 2 aromatic rings. The third-order valence-corrected chi connectivity index (χ3v) is 6.17. The van der Waals surface area contributed by atoms with E-state index in [1.807, 2.05) is 6.07 Å². The Balaban J connectivity index is 1.81. The number of nitrogens with zero attached hydrogens (tertiary/aromatic N) is 4. The molecule has 9 heteroatoms. The second-order valence-electron chi connectivity index (χ2n) is 5.78. The Hall–Kier alpha value is -2.96. The lowest BCUT2D eigenvalue weighted by Crippen LogP contribution is -2.48. The summed E-state index contributed by atoms with van der Waals surface area (Å²) in [5.41, 5.74) is 0.569. The first-order valence-corrected chi connectivity index (χ1v) is 9.36. The molecular weight excluding hydrogens is 356 g/mol. The van der Waals surface area contributed by atoms with Gasteiger partial charge in [0.2, 0.25) is 10.0 Å². The average Bonchev–Trinajstić information content (AvgIpc) is 2.68. The average molecular weight is 372 g/mol. The highest BCUT2D eigenvalue weighted by Crippen LogP contribution is 2.30. The molecule has 0 N–H and O–H groups in total. The molecule has 3 rings (SSSR count). The summed E-state index contributed by atoms with van der Waals surface area (Å²) >= 11 is 0. The number of hydrogen-bond donors (Lipinski definition) is 0. The van der Waals surface area contributed by atoms with Gasteiger partial charge in [-0.2, -0.15) is 9.57 Å². The van der Waals surface area contributed by atoms with Gasteiger partial charge in [-0.05, 0) is 24.3 Å². The highest BCUT2D eigenvalue weighted by Gasteiger charge is 2.30. The van der Waals surface area contributed by atoms with Crippen molar-refractivity contribution in [3.05, 3.63) is 64.2 Å². The van der Waals surface area contributed by atoms with E-state index in [0.29, 0.717) is 24.3 Å². The van der Waals surface area contributed by atoms with Crippen molar-refractivity contribution in [1.82, 2.24) is 4.31 Å². The highest BCUT2D eigenvalue weighted by atomic mass is 32.2. The lowest BCUT2D eigenvalue weighted by Gasteiger charge is -2.35. The standard InChI is InChI=1S/C17H16N4O4S/c18-13-14-6-7-16(21(22)23)17(12-14)19-8-10-20(11-9-19)26(24,25)15-4-2-1-3-5-15/h1-7,12H,8-11H2. The van der Waals surface area contributed by atoms with Crippen LogP contribution < -0.4 is 4.90 Å². The fourth-order valence-electron chi connectivity index (χ4n) is 2.91. The van der Waals surface area contributed by atoms with Crippen molar-refractivity contribution >= 4 is 21.4 Å². The van der Waals surface area contributed by atoms with E-state index in [1.165, 1.54) is 22.5 Å². The van der Waals surface area contributed by atoms with Crippen LogP contribution in [0, 0.1) is 21.4 Å². The molecule has 8 nitrogen and oxygen atoms in total. The quantitative estimate of drug-likeness (QED) is 0.600. The maximum Gasteiger partial charge on any atom is 0.292 e. The summed E-state index contributed by atoms with van der Waals surface area (Å²) in [6.07, 6.45) is 0. The fourth-order valence-corrected chi connectivity index (χ4v) is 4.35. The molecule has 2 aromatic carbocycles. The smallest absolute Gasteiger partial charge is 0.292 e. The first-order valence-electron chi connectivity index (χ1n) is 7.92. The van der Waals surface area contributed by atoms with Crippen LogP contribution in [0.3, 0.4) is 0 Å². The zero-order chi connectivity index (χ0) is 18.7. The molecule has 0 radical (unpaired) electrons. The van der Waals surface area contributed by atoms with Crippen molar-refractivity contribution in [1.29, 1.82) is 5.26 Å². The van der Waals surface area contributed by atoms with Gasteiger partial charge in [0.15, 0.2) is 0 Å². The predicted octanol–water partition coefficient (Wildman–Crippen LogP) is 1.98. The van der Waals surface area contributed by atoms with E-state index in [0.717, 1.165) is 0 Å². The van der Waals surface area contributed by atoms with Gasteiger partial charge in [-0.3, -0.25) is 10.1 Å². The Morgan fingerprint density at radius 1 is 1.04 bits per heavy atom. The topological polar surface area (TPSA) is 108 Å². The minimum Gasteiger partial charge on any atom is -0.363 e. The number of nitriles is 1. The van der Waals surface area contributed by atoms with Crippen LogP contribution in [0.5, 0.6) is 0 Å². The Bertz CT molecular complexity index is 962. The van der Waals surface area contributed by atoms with Gasteiger partial charge in [0.1, 0.15) is 5.69 Å².